The molecule has 0 spiro atoms. The Kier molecular flexibility index (Phi) is 3.43. The smallest absolute Gasteiger partial charge is 0.338 e. The van der Waals surface area contributed by atoms with Gasteiger partial charge in [0, 0.05) is 33.8 Å². The first kappa shape index (κ1) is 13.7. The van der Waals surface area contributed by atoms with Crippen molar-refractivity contribution >= 4 is 38.5 Å². The maximum Gasteiger partial charge on any atom is 0.338 e. The molecule has 0 fully saturated rings. The highest BCUT2D eigenvalue weighted by Crippen LogP contribution is 2.24. The number of hydrogen-bond donors (Lipinski definition) is 2. The van der Waals surface area contributed by atoms with Crippen molar-refractivity contribution in [2.24, 2.45) is 0 Å². The van der Waals surface area contributed by atoms with Crippen LogP contribution in [-0.2, 0) is 6.54 Å². The normalized spacial score (nSPS) is 10.9. The number of halogens is 1. The van der Waals surface area contributed by atoms with Crippen LogP contribution in [0.3, 0.4) is 0 Å². The summed E-state index contributed by atoms with van der Waals surface area (Å²) in [4.78, 5) is 11.4. The van der Waals surface area contributed by atoms with Gasteiger partial charge in [0.1, 0.15) is 0 Å². The summed E-state index contributed by atoms with van der Waals surface area (Å²) in [6.45, 7) is 0.470. The highest BCUT2D eigenvalue weighted by molar-refractivity contribution is 9.10. The molecular weight excluding hydrogens is 332 g/mol. The Morgan fingerprint density at radius 1 is 1.24 bits per heavy atom. The molecule has 1 aromatic heterocycles. The number of anilines is 1. The second-order valence-electron chi connectivity index (χ2n) is 4.83. The van der Waals surface area contributed by atoms with Gasteiger partial charge in [-0.3, -0.25) is 0 Å². The first-order valence-electron chi connectivity index (χ1n) is 6.41. The molecule has 0 bridgehead atoms. The molecule has 0 aliphatic heterocycles. The summed E-state index contributed by atoms with van der Waals surface area (Å²) < 4.78 is 3.03. The van der Waals surface area contributed by atoms with Gasteiger partial charge >= 0.3 is 5.97 Å². The van der Waals surface area contributed by atoms with E-state index in [0.29, 0.717) is 17.8 Å². The quantitative estimate of drug-likeness (QED) is 0.711. The minimum Gasteiger partial charge on any atom is -0.478 e. The molecule has 3 rings (SSSR count). The largest absolute Gasteiger partial charge is 0.478 e. The number of fused-ring (bicyclic) bond motifs is 1. The van der Waals surface area contributed by atoms with Gasteiger partial charge in [0.2, 0.25) is 0 Å². The van der Waals surface area contributed by atoms with E-state index in [0.717, 1.165) is 15.4 Å². The minimum atomic E-state index is -0.998. The van der Waals surface area contributed by atoms with Crippen LogP contribution in [-0.4, -0.2) is 15.6 Å². The summed E-state index contributed by atoms with van der Waals surface area (Å²) in [5, 5.41) is 10.4. The first-order valence-corrected chi connectivity index (χ1v) is 7.20. The van der Waals surface area contributed by atoms with E-state index >= 15 is 0 Å². The summed E-state index contributed by atoms with van der Waals surface area (Å²) in [6.07, 6.45) is 1.95. The van der Waals surface area contributed by atoms with Gasteiger partial charge in [-0.1, -0.05) is 28.1 Å². The van der Waals surface area contributed by atoms with E-state index in [9.17, 15) is 9.90 Å². The van der Waals surface area contributed by atoms with E-state index in [1.165, 1.54) is 0 Å². The van der Waals surface area contributed by atoms with Gasteiger partial charge in [-0.05, 0) is 35.9 Å². The molecular formula is C16H13BrN2O2. The Morgan fingerprint density at radius 2 is 2.05 bits per heavy atom. The Hall–Kier alpha value is -2.27. The standard InChI is InChI=1S/C16H13BrN2O2/c17-12-4-5-14-10(8-12)6-7-19(14)9-11-2-1-3-13(18)15(11)16(20)21/h1-8H,9,18H2,(H,20,21). The number of nitrogens with zero attached hydrogens (tertiary/aromatic N) is 1. The summed E-state index contributed by atoms with van der Waals surface area (Å²) in [5.41, 5.74) is 8.01. The Morgan fingerprint density at radius 3 is 2.81 bits per heavy atom. The van der Waals surface area contributed by atoms with Crippen LogP contribution in [0.1, 0.15) is 15.9 Å². The molecule has 0 radical (unpaired) electrons. The molecule has 0 saturated heterocycles. The van der Waals surface area contributed by atoms with Crippen LogP contribution in [0.5, 0.6) is 0 Å². The van der Waals surface area contributed by atoms with Crippen LogP contribution < -0.4 is 5.73 Å². The topological polar surface area (TPSA) is 68.2 Å². The highest BCUT2D eigenvalue weighted by atomic mass is 79.9. The Labute approximate surface area is 129 Å². The van der Waals surface area contributed by atoms with Crippen molar-refractivity contribution < 1.29 is 9.90 Å². The molecule has 5 heteroatoms. The predicted octanol–water partition coefficient (Wildman–Crippen LogP) is 3.73. The minimum absolute atomic E-state index is 0.177. The number of carbonyl (C=O) groups is 1. The molecule has 106 valence electrons. The summed E-state index contributed by atoms with van der Waals surface area (Å²) >= 11 is 3.45. The van der Waals surface area contributed by atoms with Gasteiger partial charge in [-0.15, -0.1) is 0 Å². The van der Waals surface area contributed by atoms with Crippen molar-refractivity contribution in [2.45, 2.75) is 6.54 Å². The Balaban J connectivity index is 2.07. The van der Waals surface area contributed by atoms with E-state index in [1.807, 2.05) is 35.0 Å². The van der Waals surface area contributed by atoms with Crippen LogP contribution in [0.25, 0.3) is 10.9 Å². The molecule has 1 heterocycles. The van der Waals surface area contributed by atoms with E-state index in [-0.39, 0.29) is 5.56 Å². The van der Waals surface area contributed by atoms with Gasteiger partial charge in [0.25, 0.3) is 0 Å². The number of aromatic carboxylic acids is 1. The molecule has 0 amide bonds. The zero-order chi connectivity index (χ0) is 15.0. The van der Waals surface area contributed by atoms with Gasteiger partial charge < -0.3 is 15.4 Å². The van der Waals surface area contributed by atoms with Crippen LogP contribution in [0.15, 0.2) is 53.1 Å². The van der Waals surface area contributed by atoms with Crippen molar-refractivity contribution in [1.82, 2.24) is 4.57 Å². The molecule has 21 heavy (non-hydrogen) atoms. The van der Waals surface area contributed by atoms with Gasteiger partial charge in [0.15, 0.2) is 0 Å². The fourth-order valence-electron chi connectivity index (χ4n) is 2.50. The SMILES string of the molecule is Nc1cccc(Cn2ccc3cc(Br)ccc32)c1C(=O)O. The number of nitrogens with two attached hydrogens (primary N) is 1. The van der Waals surface area contributed by atoms with E-state index < -0.39 is 5.97 Å². The van der Waals surface area contributed by atoms with E-state index in [1.54, 1.807) is 18.2 Å². The Bertz CT molecular complexity index is 839. The van der Waals surface area contributed by atoms with Crippen molar-refractivity contribution in [3.63, 3.8) is 0 Å². The number of carboxylic acid groups (broad SMARTS) is 1. The monoisotopic (exact) mass is 344 g/mol. The zero-order valence-electron chi connectivity index (χ0n) is 11.1. The lowest BCUT2D eigenvalue weighted by Gasteiger charge is -2.11. The molecule has 0 saturated carbocycles. The number of nitrogen functional groups attached to an aromatic ring is 1. The summed E-state index contributed by atoms with van der Waals surface area (Å²) in [7, 11) is 0. The predicted molar refractivity (Wildman–Crippen MR) is 86.6 cm³/mol. The van der Waals surface area contributed by atoms with E-state index in [2.05, 4.69) is 15.9 Å². The molecule has 0 unspecified atom stereocenters. The molecule has 0 aliphatic rings. The zero-order valence-corrected chi connectivity index (χ0v) is 12.7. The van der Waals surface area contributed by atoms with Crippen molar-refractivity contribution in [1.29, 1.82) is 0 Å². The molecule has 2 aromatic carbocycles. The van der Waals surface area contributed by atoms with Crippen molar-refractivity contribution in [3.8, 4) is 0 Å². The second-order valence-corrected chi connectivity index (χ2v) is 5.75. The number of carboxylic acids is 1. The average Bonchev–Trinajstić information content (AvgIpc) is 2.80. The van der Waals surface area contributed by atoms with Crippen molar-refractivity contribution in [2.75, 3.05) is 5.73 Å². The van der Waals surface area contributed by atoms with E-state index in [4.69, 9.17) is 5.73 Å². The maximum atomic E-state index is 11.4. The lowest BCUT2D eigenvalue weighted by atomic mass is 10.1. The number of benzene rings is 2. The first-order chi connectivity index (χ1) is 10.1. The molecule has 0 aliphatic carbocycles. The van der Waals surface area contributed by atoms with Crippen LogP contribution in [0, 0.1) is 0 Å². The number of hydrogen-bond acceptors (Lipinski definition) is 2. The average molecular weight is 345 g/mol. The fourth-order valence-corrected chi connectivity index (χ4v) is 2.88. The summed E-state index contributed by atoms with van der Waals surface area (Å²) in [6, 6.07) is 13.2. The highest BCUT2D eigenvalue weighted by Gasteiger charge is 2.14. The number of aromatic nitrogens is 1. The third-order valence-electron chi connectivity index (χ3n) is 3.47. The van der Waals surface area contributed by atoms with Crippen LogP contribution in [0.4, 0.5) is 5.69 Å². The van der Waals surface area contributed by atoms with Gasteiger partial charge in [-0.2, -0.15) is 0 Å². The fraction of sp³-hybridized carbons (Fsp3) is 0.0625. The van der Waals surface area contributed by atoms with Gasteiger partial charge in [0.05, 0.1) is 5.56 Å². The second kappa shape index (κ2) is 5.26. The summed E-state index contributed by atoms with van der Waals surface area (Å²) in [5.74, 6) is -0.998. The third-order valence-corrected chi connectivity index (χ3v) is 3.96. The molecule has 3 aromatic rings. The van der Waals surface area contributed by atoms with Crippen molar-refractivity contribution in [3.05, 3.63) is 64.3 Å². The van der Waals surface area contributed by atoms with Gasteiger partial charge in [-0.25, -0.2) is 4.79 Å². The molecule has 0 atom stereocenters. The third kappa shape index (κ3) is 2.52. The number of rotatable bonds is 3. The molecule has 4 nitrogen and oxygen atoms in total. The van der Waals surface area contributed by atoms with Crippen LogP contribution >= 0.6 is 15.9 Å². The van der Waals surface area contributed by atoms with Crippen LogP contribution in [0.2, 0.25) is 0 Å². The molecule has 3 N–H and O–H groups in total. The maximum absolute atomic E-state index is 11.4. The lowest BCUT2D eigenvalue weighted by molar-refractivity contribution is 0.0697. The lowest BCUT2D eigenvalue weighted by Crippen LogP contribution is -2.09.